The summed E-state index contributed by atoms with van der Waals surface area (Å²) in [5.74, 6) is -9.08. The average molecular weight is 983 g/mol. The van der Waals surface area contributed by atoms with Crippen LogP contribution in [0.5, 0.6) is 11.5 Å². The highest BCUT2D eigenvalue weighted by atomic mass is 19.3. The quantitative estimate of drug-likeness (QED) is 0.0594. The standard InChI is InChI=1S/C30H27F5O.C29H25F5O/c1-2-3-4-5-6-7-19-8-9-21-15-22(11-10-20(21)14-19)23-12-13-25(26(31)16-23)24-17-27(32)29(28(33)18-24)36-30(34)35;1-2-3-4-5-6-18-7-8-20-14-21(10-9-19(20)13-18)22-11-12-24(25(30)15-22)23-16-26(31)28(27(32)17-23)35-29(33)34/h8-18,30H,2-7H2,1H3;7-17,29H,2-6H2,1H3. The van der Waals surface area contributed by atoms with Gasteiger partial charge in [0.25, 0.3) is 0 Å². The monoisotopic (exact) mass is 982 g/mol. The minimum Gasteiger partial charge on any atom is -0.429 e. The van der Waals surface area contributed by atoms with E-state index < -0.39 is 59.6 Å². The molecule has 8 aromatic carbocycles. The van der Waals surface area contributed by atoms with Gasteiger partial charge in [-0.2, -0.15) is 17.6 Å². The Kier molecular flexibility index (Phi) is 17.8. The van der Waals surface area contributed by atoms with Crippen LogP contribution in [0.25, 0.3) is 66.1 Å². The molecule has 0 N–H and O–H groups in total. The smallest absolute Gasteiger partial charge is 0.387 e. The van der Waals surface area contributed by atoms with Crippen LogP contribution in [0.4, 0.5) is 43.9 Å². The van der Waals surface area contributed by atoms with Crippen molar-refractivity contribution in [2.45, 2.75) is 97.7 Å². The van der Waals surface area contributed by atoms with E-state index in [1.165, 1.54) is 93.2 Å². The van der Waals surface area contributed by atoms with Gasteiger partial charge >= 0.3 is 13.2 Å². The summed E-state index contributed by atoms with van der Waals surface area (Å²) in [6, 6.07) is 36.3. The van der Waals surface area contributed by atoms with Crippen molar-refractivity contribution in [2.75, 3.05) is 0 Å². The van der Waals surface area contributed by atoms with Gasteiger partial charge in [0.15, 0.2) is 34.8 Å². The summed E-state index contributed by atoms with van der Waals surface area (Å²) in [5.41, 5.74) is 5.08. The van der Waals surface area contributed by atoms with Gasteiger partial charge in [0, 0.05) is 11.1 Å². The van der Waals surface area contributed by atoms with Crippen LogP contribution in [-0.4, -0.2) is 13.2 Å². The number of rotatable bonds is 19. The summed E-state index contributed by atoms with van der Waals surface area (Å²) in [4.78, 5) is 0. The van der Waals surface area contributed by atoms with Crippen molar-refractivity contribution in [3.63, 3.8) is 0 Å². The van der Waals surface area contributed by atoms with Crippen molar-refractivity contribution in [2.24, 2.45) is 0 Å². The molecule has 0 spiro atoms. The number of hydrogen-bond donors (Lipinski definition) is 0. The summed E-state index contributed by atoms with van der Waals surface area (Å²) < 4.78 is 143. The predicted molar refractivity (Wildman–Crippen MR) is 263 cm³/mol. The van der Waals surface area contributed by atoms with Crippen molar-refractivity contribution >= 4 is 21.5 Å². The Hall–Kier alpha value is -6.82. The van der Waals surface area contributed by atoms with E-state index in [-0.39, 0.29) is 22.3 Å². The van der Waals surface area contributed by atoms with E-state index in [2.05, 4.69) is 59.7 Å². The molecule has 0 aromatic heterocycles. The Labute approximate surface area is 406 Å². The zero-order valence-electron chi connectivity index (χ0n) is 39.2. The second kappa shape index (κ2) is 24.3. The molecular weight excluding hydrogens is 931 g/mol. The highest BCUT2D eigenvalue weighted by Crippen LogP contribution is 2.36. The van der Waals surface area contributed by atoms with Gasteiger partial charge in [0.05, 0.1) is 0 Å². The van der Waals surface area contributed by atoms with E-state index in [9.17, 15) is 43.9 Å². The molecule has 71 heavy (non-hydrogen) atoms. The molecule has 0 heterocycles. The lowest BCUT2D eigenvalue weighted by Gasteiger charge is -2.11. The largest absolute Gasteiger partial charge is 0.429 e. The molecule has 0 saturated heterocycles. The lowest BCUT2D eigenvalue weighted by molar-refractivity contribution is -0.0551. The Morgan fingerprint density at radius 3 is 1.00 bits per heavy atom. The van der Waals surface area contributed by atoms with Crippen LogP contribution in [0.3, 0.4) is 0 Å². The fourth-order valence-corrected chi connectivity index (χ4v) is 8.64. The molecule has 0 unspecified atom stereocenters. The summed E-state index contributed by atoms with van der Waals surface area (Å²) in [6.45, 7) is -2.35. The van der Waals surface area contributed by atoms with Crippen LogP contribution in [0.2, 0.25) is 0 Å². The van der Waals surface area contributed by atoms with Crippen molar-refractivity contribution in [1.29, 1.82) is 0 Å². The number of fused-ring (bicyclic) bond motifs is 2. The maximum absolute atomic E-state index is 15.0. The van der Waals surface area contributed by atoms with Gasteiger partial charge in [-0.1, -0.05) is 144 Å². The molecule has 0 fully saturated rings. The first-order valence-corrected chi connectivity index (χ1v) is 23.7. The van der Waals surface area contributed by atoms with Crippen LogP contribution in [0.15, 0.2) is 133 Å². The number of benzene rings is 8. The minimum atomic E-state index is -3.38. The fraction of sp³-hybridized carbons (Fsp3) is 0.254. The molecule has 0 saturated carbocycles. The van der Waals surface area contributed by atoms with E-state index in [0.29, 0.717) is 11.1 Å². The first-order chi connectivity index (χ1) is 34.2. The Morgan fingerprint density at radius 1 is 0.324 bits per heavy atom. The van der Waals surface area contributed by atoms with Gasteiger partial charge in [-0.15, -0.1) is 0 Å². The molecule has 0 atom stereocenters. The van der Waals surface area contributed by atoms with E-state index in [4.69, 9.17) is 0 Å². The van der Waals surface area contributed by atoms with Gasteiger partial charge in [0.1, 0.15) is 11.6 Å². The first-order valence-electron chi connectivity index (χ1n) is 23.7. The molecule has 0 bridgehead atoms. The molecule has 0 amide bonds. The Balaban J connectivity index is 0.000000209. The number of aryl methyl sites for hydroxylation is 2. The van der Waals surface area contributed by atoms with Gasteiger partial charge in [-0.3, -0.25) is 0 Å². The van der Waals surface area contributed by atoms with E-state index >= 15 is 0 Å². The first kappa shape index (κ1) is 52.0. The van der Waals surface area contributed by atoms with Gasteiger partial charge in [-0.25, -0.2) is 26.3 Å². The van der Waals surface area contributed by atoms with Crippen LogP contribution in [0.1, 0.15) is 82.8 Å². The molecule has 0 aliphatic rings. The van der Waals surface area contributed by atoms with Crippen LogP contribution in [0, 0.1) is 34.9 Å². The Morgan fingerprint density at radius 2 is 0.634 bits per heavy atom. The van der Waals surface area contributed by atoms with Gasteiger partial charge in [0.2, 0.25) is 0 Å². The van der Waals surface area contributed by atoms with Crippen molar-refractivity contribution in [3.05, 3.63) is 179 Å². The van der Waals surface area contributed by atoms with Crippen molar-refractivity contribution in [3.8, 4) is 56.0 Å². The SMILES string of the molecule is CCCCCCCc1ccc2cc(-c3ccc(-c4cc(F)c(OC(F)F)c(F)c4)c(F)c3)ccc2c1.CCCCCCc1ccc2cc(-c3ccc(-c4cc(F)c(OC(F)F)c(F)c4)c(F)c3)ccc2c1. The lowest BCUT2D eigenvalue weighted by atomic mass is 9.96. The maximum atomic E-state index is 15.0. The third-order valence-electron chi connectivity index (χ3n) is 12.3. The number of unbranched alkanes of at least 4 members (excludes halogenated alkanes) is 7. The fourth-order valence-electron chi connectivity index (χ4n) is 8.64. The lowest BCUT2D eigenvalue weighted by Crippen LogP contribution is -2.06. The highest BCUT2D eigenvalue weighted by molar-refractivity contribution is 5.89. The predicted octanol–water partition coefficient (Wildman–Crippen LogP) is 19.0. The Bertz CT molecular complexity index is 3050. The molecule has 0 radical (unpaired) electrons. The van der Waals surface area contributed by atoms with Gasteiger partial charge < -0.3 is 9.47 Å². The van der Waals surface area contributed by atoms with Crippen molar-refractivity contribution < 1.29 is 53.4 Å². The highest BCUT2D eigenvalue weighted by Gasteiger charge is 2.21. The van der Waals surface area contributed by atoms with E-state index in [0.717, 1.165) is 69.8 Å². The zero-order chi connectivity index (χ0) is 50.6. The summed E-state index contributed by atoms with van der Waals surface area (Å²) in [5, 5.41) is 4.28. The summed E-state index contributed by atoms with van der Waals surface area (Å²) in [6.07, 6.45) is 13.1. The molecule has 370 valence electrons. The summed E-state index contributed by atoms with van der Waals surface area (Å²) in [7, 11) is 0. The average Bonchev–Trinajstić information content (AvgIpc) is 3.34. The zero-order valence-corrected chi connectivity index (χ0v) is 39.2. The molecular formula is C59H52F10O2. The minimum absolute atomic E-state index is 0.0514. The topological polar surface area (TPSA) is 18.5 Å². The van der Waals surface area contributed by atoms with Gasteiger partial charge in [-0.05, 0) is 140 Å². The molecule has 8 rings (SSSR count). The van der Waals surface area contributed by atoms with E-state index in [1.54, 1.807) is 12.1 Å². The second-order valence-corrected chi connectivity index (χ2v) is 17.5. The number of halogens is 10. The van der Waals surface area contributed by atoms with Crippen molar-refractivity contribution in [1.82, 2.24) is 0 Å². The van der Waals surface area contributed by atoms with Crippen LogP contribution in [-0.2, 0) is 12.8 Å². The second-order valence-electron chi connectivity index (χ2n) is 17.5. The molecule has 0 aliphatic heterocycles. The number of hydrogen-bond acceptors (Lipinski definition) is 2. The molecule has 8 aromatic rings. The third kappa shape index (κ3) is 13.5. The number of alkyl halides is 4. The van der Waals surface area contributed by atoms with E-state index in [1.807, 2.05) is 36.4 Å². The molecule has 2 nitrogen and oxygen atoms in total. The molecule has 0 aliphatic carbocycles. The number of ether oxygens (including phenoxy) is 2. The van der Waals surface area contributed by atoms with Crippen LogP contribution < -0.4 is 9.47 Å². The van der Waals surface area contributed by atoms with Crippen LogP contribution >= 0.6 is 0 Å². The molecule has 12 heteroatoms. The third-order valence-corrected chi connectivity index (χ3v) is 12.3. The maximum Gasteiger partial charge on any atom is 0.387 e. The normalized spacial score (nSPS) is 11.4. The summed E-state index contributed by atoms with van der Waals surface area (Å²) >= 11 is 0.